The van der Waals surface area contributed by atoms with Crippen molar-refractivity contribution in [1.29, 1.82) is 0 Å². The summed E-state index contributed by atoms with van der Waals surface area (Å²) < 4.78 is 37.5. The number of thioether (sulfide) groups is 1. The van der Waals surface area contributed by atoms with Crippen molar-refractivity contribution in [3.05, 3.63) is 0 Å². The van der Waals surface area contributed by atoms with E-state index in [0.717, 1.165) is 31.0 Å². The molecule has 0 radical (unpaired) electrons. The maximum atomic E-state index is 12.5. The summed E-state index contributed by atoms with van der Waals surface area (Å²) in [7, 11) is 0. The van der Waals surface area contributed by atoms with E-state index in [4.69, 9.17) is 0 Å². The predicted octanol–water partition coefficient (Wildman–Crippen LogP) is 1.97. The largest absolute Gasteiger partial charge is 0.393 e. The summed E-state index contributed by atoms with van der Waals surface area (Å²) in [4.78, 5) is 1.96. The van der Waals surface area contributed by atoms with Crippen molar-refractivity contribution in [3.63, 3.8) is 0 Å². The topological polar surface area (TPSA) is 15.3 Å². The lowest BCUT2D eigenvalue weighted by Crippen LogP contribution is -2.40. The van der Waals surface area contributed by atoms with Crippen LogP contribution >= 0.6 is 11.8 Å². The summed E-state index contributed by atoms with van der Waals surface area (Å²) in [6.45, 7) is 2.62. The molecule has 6 heteroatoms. The zero-order valence-electron chi connectivity index (χ0n) is 9.80. The Balaban J connectivity index is 1.67. The monoisotopic (exact) mass is 268 g/mol. The van der Waals surface area contributed by atoms with Crippen LogP contribution in [0.2, 0.25) is 0 Å². The number of alkyl halides is 3. The summed E-state index contributed by atoms with van der Waals surface area (Å²) in [5.41, 5.74) is 0. The maximum Gasteiger partial charge on any atom is 0.393 e. The molecule has 2 nitrogen and oxygen atoms in total. The van der Waals surface area contributed by atoms with Crippen molar-refractivity contribution in [2.75, 3.05) is 37.7 Å². The molecule has 0 saturated carbocycles. The molecule has 0 amide bonds. The Kier molecular flexibility index (Phi) is 4.60. The van der Waals surface area contributed by atoms with Crippen LogP contribution < -0.4 is 5.32 Å². The number of hydrogen-bond donors (Lipinski definition) is 1. The second-order valence-corrected chi connectivity index (χ2v) is 5.99. The van der Waals surface area contributed by atoms with E-state index >= 15 is 0 Å². The molecule has 17 heavy (non-hydrogen) atoms. The first kappa shape index (κ1) is 13.5. The molecule has 2 heterocycles. The van der Waals surface area contributed by atoms with E-state index in [1.165, 1.54) is 0 Å². The first-order chi connectivity index (χ1) is 8.05. The van der Waals surface area contributed by atoms with Crippen molar-refractivity contribution in [1.82, 2.24) is 10.2 Å². The van der Waals surface area contributed by atoms with E-state index < -0.39 is 12.1 Å². The fourth-order valence-electron chi connectivity index (χ4n) is 2.45. The molecule has 2 saturated heterocycles. The molecule has 0 aromatic heterocycles. The number of rotatable bonds is 3. The lowest BCUT2D eigenvalue weighted by Gasteiger charge is -2.25. The van der Waals surface area contributed by atoms with E-state index in [2.05, 4.69) is 5.32 Å². The van der Waals surface area contributed by atoms with Crippen LogP contribution in [0.1, 0.15) is 12.8 Å². The second kappa shape index (κ2) is 5.80. The molecule has 1 N–H and O–H groups in total. The van der Waals surface area contributed by atoms with Crippen LogP contribution in [0.5, 0.6) is 0 Å². The highest BCUT2D eigenvalue weighted by molar-refractivity contribution is 7.99. The number of nitrogens with one attached hydrogen (secondary N) is 1. The fourth-order valence-corrected chi connectivity index (χ4v) is 3.44. The average molecular weight is 268 g/mol. The summed E-state index contributed by atoms with van der Waals surface area (Å²) in [5.74, 6) is 1.14. The average Bonchev–Trinajstić information content (AvgIpc) is 2.76. The molecular formula is C11H19F3N2S. The minimum Gasteiger partial charge on any atom is -0.312 e. The molecule has 0 aliphatic carbocycles. The van der Waals surface area contributed by atoms with Crippen LogP contribution in [0.4, 0.5) is 13.2 Å². The molecule has 0 aromatic carbocycles. The van der Waals surface area contributed by atoms with Crippen molar-refractivity contribution < 1.29 is 13.2 Å². The Hall–Kier alpha value is 0.0600. The second-order valence-electron chi connectivity index (χ2n) is 4.84. The highest BCUT2D eigenvalue weighted by atomic mass is 32.2. The standard InChI is InChI=1S/C11H19F3N2S/c12-11(13,14)9-1-4-16(7-9)5-2-10-8-17-6-3-15-10/h9-10,15H,1-8H2. The zero-order chi connectivity index (χ0) is 12.3. The molecule has 0 bridgehead atoms. The lowest BCUT2D eigenvalue weighted by atomic mass is 10.1. The molecule has 0 spiro atoms. The minimum atomic E-state index is -4.01. The van der Waals surface area contributed by atoms with E-state index in [-0.39, 0.29) is 13.0 Å². The number of hydrogen-bond acceptors (Lipinski definition) is 3. The van der Waals surface area contributed by atoms with Crippen molar-refractivity contribution in [2.24, 2.45) is 5.92 Å². The molecule has 100 valence electrons. The van der Waals surface area contributed by atoms with Crippen molar-refractivity contribution in [3.8, 4) is 0 Å². The van der Waals surface area contributed by atoms with E-state index in [1.54, 1.807) is 0 Å². The van der Waals surface area contributed by atoms with Crippen LogP contribution in [0, 0.1) is 5.92 Å². The van der Waals surface area contributed by atoms with Gasteiger partial charge in [-0.25, -0.2) is 0 Å². The summed E-state index contributed by atoms with van der Waals surface area (Å²) >= 11 is 1.93. The molecule has 2 aliphatic rings. The predicted molar refractivity (Wildman–Crippen MR) is 64.3 cm³/mol. The van der Waals surface area contributed by atoms with Gasteiger partial charge in [0.05, 0.1) is 5.92 Å². The third-order valence-corrected chi connectivity index (χ3v) is 4.66. The van der Waals surface area contributed by atoms with Gasteiger partial charge in [0.15, 0.2) is 0 Å². The van der Waals surface area contributed by atoms with Gasteiger partial charge < -0.3 is 10.2 Å². The van der Waals surface area contributed by atoms with E-state index in [1.807, 2.05) is 16.7 Å². The molecule has 2 unspecified atom stereocenters. The highest BCUT2D eigenvalue weighted by Gasteiger charge is 2.43. The normalized spacial score (nSPS) is 31.9. The van der Waals surface area contributed by atoms with Crippen LogP contribution in [-0.4, -0.2) is 54.8 Å². The third-order valence-electron chi connectivity index (χ3n) is 3.53. The summed E-state index contributed by atoms with van der Waals surface area (Å²) in [6.07, 6.45) is -2.76. The maximum absolute atomic E-state index is 12.5. The summed E-state index contributed by atoms with van der Waals surface area (Å²) in [6, 6.07) is 0.485. The number of likely N-dealkylation sites (tertiary alicyclic amines) is 1. The SMILES string of the molecule is FC(F)(F)C1CCN(CCC2CSCCN2)C1. The van der Waals surface area contributed by atoms with Crippen LogP contribution in [0.15, 0.2) is 0 Å². The van der Waals surface area contributed by atoms with Gasteiger partial charge in [0.25, 0.3) is 0 Å². The van der Waals surface area contributed by atoms with E-state index in [0.29, 0.717) is 12.6 Å². The molecule has 2 rings (SSSR count). The van der Waals surface area contributed by atoms with Crippen LogP contribution in [-0.2, 0) is 0 Å². The molecule has 2 aliphatic heterocycles. The fraction of sp³-hybridized carbons (Fsp3) is 1.00. The third kappa shape index (κ3) is 4.03. The van der Waals surface area contributed by atoms with Crippen LogP contribution in [0.25, 0.3) is 0 Å². The molecule has 0 aromatic rings. The van der Waals surface area contributed by atoms with Crippen molar-refractivity contribution >= 4 is 11.8 Å². The first-order valence-electron chi connectivity index (χ1n) is 6.16. The van der Waals surface area contributed by atoms with Gasteiger partial charge >= 0.3 is 6.18 Å². The Morgan fingerprint density at radius 1 is 1.35 bits per heavy atom. The van der Waals surface area contributed by atoms with Gasteiger partial charge in [0, 0.05) is 30.6 Å². The highest BCUT2D eigenvalue weighted by Crippen LogP contribution is 2.33. The van der Waals surface area contributed by atoms with Gasteiger partial charge in [-0.1, -0.05) is 0 Å². The van der Waals surface area contributed by atoms with E-state index in [9.17, 15) is 13.2 Å². The first-order valence-corrected chi connectivity index (χ1v) is 7.31. The van der Waals surface area contributed by atoms with Crippen LogP contribution in [0.3, 0.4) is 0 Å². The molecule has 2 fully saturated rings. The van der Waals surface area contributed by atoms with Gasteiger partial charge in [0.2, 0.25) is 0 Å². The Morgan fingerprint density at radius 3 is 2.76 bits per heavy atom. The Bertz CT molecular complexity index is 241. The van der Waals surface area contributed by atoms with Gasteiger partial charge in [-0.05, 0) is 25.9 Å². The van der Waals surface area contributed by atoms with Gasteiger partial charge in [-0.3, -0.25) is 0 Å². The van der Waals surface area contributed by atoms with Crippen molar-refractivity contribution in [2.45, 2.75) is 25.1 Å². The Labute approximate surface area is 104 Å². The number of halogens is 3. The smallest absolute Gasteiger partial charge is 0.312 e. The molecule has 2 atom stereocenters. The Morgan fingerprint density at radius 2 is 2.18 bits per heavy atom. The van der Waals surface area contributed by atoms with Gasteiger partial charge in [0.1, 0.15) is 0 Å². The quantitative estimate of drug-likeness (QED) is 0.842. The van der Waals surface area contributed by atoms with Gasteiger partial charge in [-0.15, -0.1) is 0 Å². The zero-order valence-corrected chi connectivity index (χ0v) is 10.6. The number of nitrogens with zero attached hydrogens (tertiary/aromatic N) is 1. The lowest BCUT2D eigenvalue weighted by molar-refractivity contribution is -0.170. The summed E-state index contributed by atoms with van der Waals surface area (Å²) in [5, 5.41) is 3.41. The minimum absolute atomic E-state index is 0.198. The molecular weight excluding hydrogens is 249 g/mol. The van der Waals surface area contributed by atoms with Gasteiger partial charge in [-0.2, -0.15) is 24.9 Å².